The highest BCUT2D eigenvalue weighted by Gasteiger charge is 2.63. The number of β-amino-alcohol motifs (C(OH)–C–C–N with tert-alkyl or cyclic N) is 1. The molecule has 0 bridgehead atoms. The maximum Gasteiger partial charge on any atom is 0.238 e. The van der Waals surface area contributed by atoms with E-state index < -0.39 is 11.0 Å². The topological polar surface area (TPSA) is 89.9 Å². The number of hydrazine groups is 1. The van der Waals surface area contributed by atoms with Gasteiger partial charge in [0.2, 0.25) is 11.9 Å². The summed E-state index contributed by atoms with van der Waals surface area (Å²) in [5.74, 6) is -0.375. The summed E-state index contributed by atoms with van der Waals surface area (Å²) < 4.78 is 0. The van der Waals surface area contributed by atoms with Gasteiger partial charge in [-0.1, -0.05) is 44.2 Å². The van der Waals surface area contributed by atoms with Gasteiger partial charge in [-0.25, -0.2) is 0 Å². The number of benzene rings is 1. The van der Waals surface area contributed by atoms with Gasteiger partial charge in [0.15, 0.2) is 0 Å². The Bertz CT molecular complexity index is 886. The molecule has 3 fully saturated rings. The number of hydrogen-bond acceptors (Lipinski definition) is 4. The number of nitrogens with two attached hydrogens (primary N) is 1. The first-order valence-corrected chi connectivity index (χ1v) is 12.4. The first-order chi connectivity index (χ1) is 15.4. The van der Waals surface area contributed by atoms with Gasteiger partial charge in [-0.05, 0) is 64.6 Å². The van der Waals surface area contributed by atoms with Crippen LogP contribution in [0.2, 0.25) is 0 Å². The van der Waals surface area contributed by atoms with Crippen molar-refractivity contribution in [3.63, 3.8) is 0 Å². The lowest BCUT2D eigenvalue weighted by Crippen LogP contribution is -2.59. The monoisotopic (exact) mass is 457 g/mol. The number of amides is 1. The van der Waals surface area contributed by atoms with Gasteiger partial charge in [0, 0.05) is 23.8 Å². The Kier molecular flexibility index (Phi) is 6.11. The minimum atomic E-state index is -0.779. The predicted octanol–water partition coefficient (Wildman–Crippen LogP) is 3.34. The fraction of sp³-hybridized carbons (Fsp3) is 0.731. The van der Waals surface area contributed by atoms with E-state index in [4.69, 9.17) is 5.73 Å². The van der Waals surface area contributed by atoms with Crippen LogP contribution in [0.15, 0.2) is 30.3 Å². The third-order valence-electron chi connectivity index (χ3n) is 9.03. The van der Waals surface area contributed by atoms with Crippen LogP contribution in [-0.2, 0) is 10.3 Å². The van der Waals surface area contributed by atoms with Crippen LogP contribution in [0.1, 0.15) is 77.2 Å². The van der Waals surface area contributed by atoms with Gasteiger partial charge in [-0.2, -0.15) is 0 Å². The standard InChI is InChI=1S/C26H40N4O3/c1-23(2,22(27)31)17-21-18-24(29(30(21)33)19-25(32)11-8-12-25)13-15-26(16-14-24,28(3)4)20-9-6-5-7-10-20/h5-7,9-10,21,32H,8,11-19H2,1-4H3,(H-,27,31)/p+1/t21-,24?,26?/m1/s1. The van der Waals surface area contributed by atoms with Crippen molar-refractivity contribution in [3.8, 4) is 0 Å². The molecule has 1 spiro atoms. The Morgan fingerprint density at radius 2 is 1.76 bits per heavy atom. The average Bonchev–Trinajstić information content (AvgIpc) is 2.98. The lowest BCUT2D eigenvalue weighted by molar-refractivity contribution is -0.726. The molecule has 1 amide bonds. The minimum absolute atomic E-state index is 0.0656. The number of primary amides is 1. The Labute approximate surface area is 197 Å². The van der Waals surface area contributed by atoms with Gasteiger partial charge >= 0.3 is 0 Å². The van der Waals surface area contributed by atoms with E-state index in [0.717, 1.165) is 49.8 Å². The van der Waals surface area contributed by atoms with Gasteiger partial charge in [0.25, 0.3) is 0 Å². The van der Waals surface area contributed by atoms with Crippen molar-refractivity contribution in [2.75, 3.05) is 20.6 Å². The number of aliphatic hydroxyl groups is 1. The lowest BCUT2D eigenvalue weighted by Gasteiger charge is -2.50. The van der Waals surface area contributed by atoms with Gasteiger partial charge in [-0.3, -0.25) is 9.69 Å². The fourth-order valence-electron chi connectivity index (χ4n) is 6.46. The van der Waals surface area contributed by atoms with Crippen molar-refractivity contribution < 1.29 is 14.8 Å². The quantitative estimate of drug-likeness (QED) is 0.613. The molecule has 2 aliphatic carbocycles. The second-order valence-corrected chi connectivity index (χ2v) is 11.8. The first kappa shape index (κ1) is 24.1. The highest BCUT2D eigenvalue weighted by molar-refractivity contribution is 5.79. The van der Waals surface area contributed by atoms with Gasteiger partial charge in [0.1, 0.15) is 17.0 Å². The van der Waals surface area contributed by atoms with Gasteiger partial charge in [0.05, 0.1) is 10.5 Å². The zero-order valence-electron chi connectivity index (χ0n) is 20.7. The summed E-state index contributed by atoms with van der Waals surface area (Å²) in [6.07, 6.45) is 7.28. The van der Waals surface area contributed by atoms with Crippen molar-refractivity contribution in [3.05, 3.63) is 40.8 Å². The summed E-state index contributed by atoms with van der Waals surface area (Å²) in [6.45, 7) is 4.03. The molecule has 0 unspecified atom stereocenters. The summed E-state index contributed by atoms with van der Waals surface area (Å²) >= 11 is 0. The average molecular weight is 458 g/mol. The van der Waals surface area contributed by atoms with Crippen molar-refractivity contribution in [1.82, 2.24) is 9.91 Å². The molecular weight excluding hydrogens is 416 g/mol. The molecular formula is C26H41N4O3+. The predicted molar refractivity (Wildman–Crippen MR) is 128 cm³/mol. The Morgan fingerprint density at radius 1 is 1.15 bits per heavy atom. The van der Waals surface area contributed by atoms with E-state index in [0.29, 0.717) is 19.4 Å². The Hall–Kier alpha value is -1.99. The van der Waals surface area contributed by atoms with E-state index in [1.807, 2.05) is 18.9 Å². The zero-order chi connectivity index (χ0) is 24.1. The van der Waals surface area contributed by atoms with Crippen LogP contribution in [-0.4, -0.2) is 63.6 Å². The van der Waals surface area contributed by atoms with Crippen molar-refractivity contribution in [2.45, 2.75) is 94.4 Å². The van der Waals surface area contributed by atoms with Crippen LogP contribution >= 0.6 is 0 Å². The van der Waals surface area contributed by atoms with E-state index in [9.17, 15) is 14.8 Å². The molecule has 3 aliphatic rings. The number of nitrogens with zero attached hydrogens (tertiary/aromatic N) is 3. The summed E-state index contributed by atoms with van der Waals surface area (Å²) in [4.78, 5) is 29.1. The molecule has 182 valence electrons. The maximum atomic E-state index is 13.6. The molecule has 1 aromatic rings. The normalized spacial score (nSPS) is 31.8. The van der Waals surface area contributed by atoms with Gasteiger partial charge in [-0.15, -0.1) is 5.01 Å². The molecule has 7 heteroatoms. The Balaban J connectivity index is 1.62. The summed E-state index contributed by atoms with van der Waals surface area (Å²) in [5, 5.41) is 12.9. The molecule has 1 aliphatic heterocycles. The summed E-state index contributed by atoms with van der Waals surface area (Å²) in [5.41, 5.74) is 5.08. The van der Waals surface area contributed by atoms with Crippen LogP contribution in [0.4, 0.5) is 0 Å². The van der Waals surface area contributed by atoms with Crippen LogP contribution in [0, 0.1) is 10.3 Å². The van der Waals surface area contributed by atoms with Crippen molar-refractivity contribution in [2.24, 2.45) is 11.1 Å². The van der Waals surface area contributed by atoms with Crippen LogP contribution in [0.25, 0.3) is 0 Å². The third kappa shape index (κ3) is 4.18. The third-order valence-corrected chi connectivity index (χ3v) is 9.03. The number of rotatable bonds is 7. The van der Waals surface area contributed by atoms with E-state index in [-0.39, 0.29) is 23.0 Å². The van der Waals surface area contributed by atoms with E-state index in [1.54, 1.807) is 0 Å². The summed E-state index contributed by atoms with van der Waals surface area (Å²) in [6, 6.07) is 10.4. The Morgan fingerprint density at radius 3 is 2.24 bits per heavy atom. The minimum Gasteiger partial charge on any atom is -0.388 e. The smallest absolute Gasteiger partial charge is 0.238 e. The molecule has 0 aromatic heterocycles. The number of hydrogen-bond donors (Lipinski definition) is 2. The maximum absolute atomic E-state index is 13.6. The number of carbonyl (C=O) groups is 1. The largest absolute Gasteiger partial charge is 0.388 e. The van der Waals surface area contributed by atoms with Crippen molar-refractivity contribution in [1.29, 1.82) is 0 Å². The van der Waals surface area contributed by atoms with E-state index in [2.05, 4.69) is 49.3 Å². The van der Waals surface area contributed by atoms with Crippen molar-refractivity contribution >= 4 is 5.91 Å². The fourth-order valence-corrected chi connectivity index (χ4v) is 6.46. The molecule has 3 N–H and O–H groups in total. The molecule has 1 aromatic carbocycles. The molecule has 1 atom stereocenters. The number of nitroso groups, excluding NO2 is 1. The zero-order valence-corrected chi connectivity index (χ0v) is 20.7. The molecule has 0 radical (unpaired) electrons. The van der Waals surface area contributed by atoms with E-state index in [1.165, 1.54) is 5.56 Å². The molecule has 4 rings (SSSR count). The van der Waals surface area contributed by atoms with Gasteiger partial charge < -0.3 is 10.8 Å². The summed E-state index contributed by atoms with van der Waals surface area (Å²) in [7, 11) is 4.29. The second-order valence-electron chi connectivity index (χ2n) is 11.8. The van der Waals surface area contributed by atoms with Crippen LogP contribution in [0.3, 0.4) is 0 Å². The SMILES string of the molecule is CN(C)C1(c2ccccc2)CCC2(CC1)C[C@@H](CC(C)(C)C(N)=O)[N+](=O)N2CC1(O)CCC1. The molecule has 1 heterocycles. The van der Waals surface area contributed by atoms with Crippen LogP contribution < -0.4 is 5.73 Å². The molecule has 2 saturated carbocycles. The highest BCUT2D eigenvalue weighted by atomic mass is 16.3. The molecule has 7 nitrogen and oxygen atoms in total. The second kappa shape index (κ2) is 8.35. The molecule has 1 saturated heterocycles. The number of carbonyl (C=O) groups excluding carboxylic acids is 1. The lowest BCUT2D eigenvalue weighted by atomic mass is 9.66. The highest BCUT2D eigenvalue weighted by Crippen LogP contribution is 2.52. The molecule has 33 heavy (non-hydrogen) atoms. The van der Waals surface area contributed by atoms with Crippen LogP contribution in [0.5, 0.6) is 0 Å². The van der Waals surface area contributed by atoms with E-state index >= 15 is 0 Å². The first-order valence-electron chi connectivity index (χ1n) is 12.4.